The molecule has 0 spiro atoms. The number of rotatable bonds is 8. The zero-order chi connectivity index (χ0) is 37.2. The van der Waals surface area contributed by atoms with E-state index in [-0.39, 0.29) is 30.6 Å². The van der Waals surface area contributed by atoms with Crippen molar-refractivity contribution in [1.82, 2.24) is 4.90 Å². The van der Waals surface area contributed by atoms with E-state index in [1.165, 1.54) is 12.1 Å². The number of amides is 1. The second-order valence-corrected chi connectivity index (χ2v) is 14.0. The minimum atomic E-state index is -4.47. The molecule has 8 nitrogen and oxygen atoms in total. The zero-order valence-electron chi connectivity index (χ0n) is 28.5. The summed E-state index contributed by atoms with van der Waals surface area (Å²) in [6.45, 7) is 10.1. The predicted octanol–water partition coefficient (Wildman–Crippen LogP) is 9.21. The number of ether oxygens (including phenoxy) is 2. The lowest BCUT2D eigenvalue weighted by molar-refractivity contribution is -0.137. The van der Waals surface area contributed by atoms with E-state index >= 15 is 0 Å². The van der Waals surface area contributed by atoms with Crippen LogP contribution in [0, 0.1) is 37.7 Å². The van der Waals surface area contributed by atoms with E-state index in [4.69, 9.17) is 16.0 Å². The Labute approximate surface area is 296 Å². The highest BCUT2D eigenvalue weighted by Gasteiger charge is 2.47. The molecule has 0 bridgehead atoms. The molecule has 1 saturated heterocycles. The van der Waals surface area contributed by atoms with E-state index in [9.17, 15) is 31.6 Å². The second-order valence-electron chi connectivity index (χ2n) is 12.4. The van der Waals surface area contributed by atoms with Crippen molar-refractivity contribution in [2.75, 3.05) is 13.2 Å². The normalized spacial score (nSPS) is 18.0. The smallest absolute Gasteiger partial charge is 0.445 e. The van der Waals surface area contributed by atoms with Gasteiger partial charge in [0.25, 0.3) is 6.57 Å². The third kappa shape index (κ3) is 9.97. The quantitative estimate of drug-likeness (QED) is 0.180. The van der Waals surface area contributed by atoms with Gasteiger partial charge in [-0.05, 0) is 74.6 Å². The Bertz CT molecular complexity index is 1980. The molecule has 266 valence electrons. The summed E-state index contributed by atoms with van der Waals surface area (Å²) in [6, 6.07) is 31.2. The van der Waals surface area contributed by atoms with Gasteiger partial charge >= 0.3 is 22.3 Å². The summed E-state index contributed by atoms with van der Waals surface area (Å²) in [5, 5.41) is 9.67. The molecule has 0 saturated carbocycles. The number of carbonyl (C=O) groups is 1. The molecule has 1 unspecified atom stereocenters. The summed E-state index contributed by atoms with van der Waals surface area (Å²) < 4.78 is 77.1. The van der Waals surface area contributed by atoms with Crippen molar-refractivity contribution in [2.45, 2.75) is 62.9 Å². The van der Waals surface area contributed by atoms with Gasteiger partial charge in [0.15, 0.2) is 4.90 Å². The van der Waals surface area contributed by atoms with E-state index < -0.39 is 39.5 Å². The van der Waals surface area contributed by atoms with Crippen LogP contribution in [0.4, 0.5) is 18.0 Å². The topological polar surface area (TPSA) is 101 Å². The van der Waals surface area contributed by atoms with Gasteiger partial charge in [0.2, 0.25) is 0 Å². The van der Waals surface area contributed by atoms with Gasteiger partial charge in [-0.1, -0.05) is 90.0 Å². The van der Waals surface area contributed by atoms with Crippen LogP contribution in [0.1, 0.15) is 59.3 Å². The third-order valence-electron chi connectivity index (χ3n) is 8.67. The molecule has 3 atom stereocenters. The standard InChI is InChI=1S/C31H31F3N2O3.C8H8NO2S/c1-22-15-26(17-28(16-22)31(32,33)34)23(2)39-21-30(27-11-7-4-8-12-27)14-13-25(18-35)19-36(30)29(37)38-20-24-9-5-3-6-10-24;1-7-3-5-8(6-4-7)12(10,11)9-2/h3-12,15-17,23,25H,13-14,19-21H2,1-2H3;2-6H,1H3/q;+1/t23-,25?,30-;/m1./s1. The Morgan fingerprint density at radius 1 is 1.00 bits per heavy atom. The molecule has 1 heterocycles. The lowest BCUT2D eigenvalue weighted by Gasteiger charge is -2.48. The summed E-state index contributed by atoms with van der Waals surface area (Å²) in [5.74, 6) is -0.380. The van der Waals surface area contributed by atoms with Gasteiger partial charge in [0.05, 0.1) is 40.1 Å². The Balaban J connectivity index is 0.000000411. The van der Waals surface area contributed by atoms with Crippen molar-refractivity contribution >= 4 is 16.1 Å². The summed E-state index contributed by atoms with van der Waals surface area (Å²) in [4.78, 5) is 15.2. The van der Waals surface area contributed by atoms with Crippen molar-refractivity contribution in [3.63, 3.8) is 0 Å². The molecule has 1 aliphatic rings. The monoisotopic (exact) mass is 718 g/mol. The molecule has 12 heteroatoms. The lowest BCUT2D eigenvalue weighted by atomic mass is 9.78. The Morgan fingerprint density at radius 2 is 1.63 bits per heavy atom. The second kappa shape index (κ2) is 16.7. The molecule has 1 fully saturated rings. The van der Waals surface area contributed by atoms with Crippen molar-refractivity contribution in [1.29, 1.82) is 5.26 Å². The van der Waals surface area contributed by atoms with Gasteiger partial charge in [0.1, 0.15) is 6.61 Å². The van der Waals surface area contributed by atoms with Gasteiger partial charge in [-0.15, -0.1) is 8.42 Å². The van der Waals surface area contributed by atoms with Crippen LogP contribution in [0.25, 0.3) is 4.25 Å². The van der Waals surface area contributed by atoms with Gasteiger partial charge < -0.3 is 9.47 Å². The van der Waals surface area contributed by atoms with Gasteiger partial charge in [-0.2, -0.15) is 18.4 Å². The van der Waals surface area contributed by atoms with Gasteiger partial charge in [-0.3, -0.25) is 4.90 Å². The fourth-order valence-corrected chi connectivity index (χ4v) is 6.41. The summed E-state index contributed by atoms with van der Waals surface area (Å²) >= 11 is 0. The van der Waals surface area contributed by atoms with Crippen LogP contribution in [0.5, 0.6) is 0 Å². The number of nitrogens with zero attached hydrogens (tertiary/aromatic N) is 3. The first-order valence-corrected chi connectivity index (χ1v) is 17.6. The maximum absolute atomic E-state index is 13.5. The largest absolute Gasteiger partial charge is 0.510 e. The maximum Gasteiger partial charge on any atom is 0.510 e. The van der Waals surface area contributed by atoms with Gasteiger partial charge in [-0.25, -0.2) is 4.79 Å². The molecule has 51 heavy (non-hydrogen) atoms. The molecule has 1 amide bonds. The predicted molar refractivity (Wildman–Crippen MR) is 187 cm³/mol. The van der Waals surface area contributed by atoms with Crippen LogP contribution >= 0.6 is 0 Å². The van der Waals surface area contributed by atoms with Crippen LogP contribution in [0.15, 0.2) is 108 Å². The zero-order valence-corrected chi connectivity index (χ0v) is 29.3. The van der Waals surface area contributed by atoms with E-state index in [0.29, 0.717) is 24.0 Å². The van der Waals surface area contributed by atoms with Crippen LogP contribution < -0.4 is 0 Å². The molecule has 0 N–H and O–H groups in total. The van der Waals surface area contributed by atoms with Crippen LogP contribution in [0.2, 0.25) is 0 Å². The number of nitriles is 1. The fourth-order valence-electron chi connectivity index (χ4n) is 5.81. The van der Waals surface area contributed by atoms with Crippen LogP contribution in [-0.4, -0.2) is 32.6 Å². The number of aryl methyl sites for hydroxylation is 2. The third-order valence-corrected chi connectivity index (χ3v) is 9.82. The van der Waals surface area contributed by atoms with Crippen molar-refractivity contribution < 1.29 is 35.9 Å². The summed E-state index contributed by atoms with van der Waals surface area (Å²) in [7, 11) is -3.61. The van der Waals surface area contributed by atoms with E-state index in [0.717, 1.165) is 28.8 Å². The minimum absolute atomic E-state index is 0.0199. The van der Waals surface area contributed by atoms with E-state index in [1.54, 1.807) is 36.9 Å². The average molecular weight is 719 g/mol. The summed E-state index contributed by atoms with van der Waals surface area (Å²) in [6.07, 6.45) is -4.75. The van der Waals surface area contributed by atoms with Crippen LogP contribution in [0.3, 0.4) is 0 Å². The molecular formula is C39H39F3N3O5S+. The molecule has 0 aromatic heterocycles. The molecule has 1 aliphatic heterocycles. The lowest BCUT2D eigenvalue weighted by Crippen LogP contribution is -2.57. The number of halogens is 3. The number of piperidine rings is 1. The molecule has 4 aromatic carbocycles. The van der Waals surface area contributed by atoms with Gasteiger partial charge in [0, 0.05) is 6.54 Å². The number of benzene rings is 4. The molecular weight excluding hydrogens is 680 g/mol. The Morgan fingerprint density at radius 3 is 2.22 bits per heavy atom. The maximum atomic E-state index is 13.5. The molecule has 0 aliphatic carbocycles. The fraction of sp³-hybridized carbons (Fsp3) is 0.308. The number of sulfonamides is 1. The summed E-state index contributed by atoms with van der Waals surface area (Å²) in [5.41, 5.74) is 1.81. The number of carbonyl (C=O) groups excluding carboxylic acids is 1. The average Bonchev–Trinajstić information content (AvgIpc) is 3.13. The van der Waals surface area contributed by atoms with Crippen molar-refractivity contribution in [2.24, 2.45) is 5.92 Å². The minimum Gasteiger partial charge on any atom is -0.445 e. The van der Waals surface area contributed by atoms with E-state index in [2.05, 4.69) is 10.3 Å². The first-order valence-electron chi connectivity index (χ1n) is 16.2. The first kappa shape index (κ1) is 38.6. The first-order chi connectivity index (χ1) is 24.2. The number of likely N-dealkylation sites (tertiary alicyclic amines) is 1. The highest BCUT2D eigenvalue weighted by Crippen LogP contribution is 2.42. The van der Waals surface area contributed by atoms with Crippen LogP contribution in [-0.2, 0) is 37.8 Å². The van der Waals surface area contributed by atoms with Crippen molar-refractivity contribution in [3.8, 4) is 12.6 Å². The Hall–Kier alpha value is -5.17. The number of hydrogen-bond donors (Lipinski definition) is 0. The SMILES string of the molecule is C#[N+]S(=O)(=O)c1ccc(C)cc1.Cc1cc([C@@H](C)OC[C@@]2(c3ccccc3)CCC(C#N)CN2C(=O)OCc2ccccc2)cc(C(F)(F)F)c1. The number of alkyl halides is 3. The highest BCUT2D eigenvalue weighted by atomic mass is 32.2. The Kier molecular flexibility index (Phi) is 12.6. The van der Waals surface area contributed by atoms with E-state index in [1.807, 2.05) is 67.6 Å². The highest BCUT2D eigenvalue weighted by molar-refractivity contribution is 7.93. The molecule has 0 radical (unpaired) electrons. The molecule has 4 aromatic rings. The van der Waals surface area contributed by atoms with Crippen molar-refractivity contribution in [3.05, 3.63) is 141 Å². The molecule has 5 rings (SSSR count). The number of hydrogen-bond acceptors (Lipinski definition) is 6.